The van der Waals surface area contributed by atoms with Crippen molar-refractivity contribution in [3.8, 4) is 0 Å². The first-order valence-corrected chi connectivity index (χ1v) is 9.73. The number of benzene rings is 2. The molecule has 1 amide bonds. The predicted molar refractivity (Wildman–Crippen MR) is 110 cm³/mol. The standard InChI is InChI=1S/C20H24N2O.C2HF3O2/c1-2-19(16-8-4-3-5-9-16)20(23)21-17-10-12-18(13-11-17)22-14-6-7-15-22;3-2(4,5)1(6)7/h3-5,8-13,19H,2,6-7,14-15H2,1H3,(H,21,23);(H,6,7)/t19-;/m0./s1. The van der Waals surface area contributed by atoms with Gasteiger partial charge in [-0.05, 0) is 49.1 Å². The molecule has 1 fully saturated rings. The predicted octanol–water partition coefficient (Wildman–Crippen LogP) is 5.05. The first kappa shape index (κ1) is 23.3. The maximum Gasteiger partial charge on any atom is 0.490 e. The number of amides is 1. The van der Waals surface area contributed by atoms with Gasteiger partial charge in [0.05, 0.1) is 5.92 Å². The Bertz CT molecular complexity index is 818. The number of alkyl halides is 3. The van der Waals surface area contributed by atoms with E-state index in [1.54, 1.807) is 0 Å². The van der Waals surface area contributed by atoms with Crippen LogP contribution in [0.25, 0.3) is 0 Å². The maximum absolute atomic E-state index is 12.6. The molecule has 0 aliphatic carbocycles. The highest BCUT2D eigenvalue weighted by atomic mass is 19.4. The molecule has 2 N–H and O–H groups in total. The van der Waals surface area contributed by atoms with Crippen molar-refractivity contribution in [2.24, 2.45) is 0 Å². The summed E-state index contributed by atoms with van der Waals surface area (Å²) in [6.45, 7) is 4.32. The van der Waals surface area contributed by atoms with Gasteiger partial charge in [-0.1, -0.05) is 37.3 Å². The van der Waals surface area contributed by atoms with Crippen LogP contribution in [-0.2, 0) is 9.59 Å². The van der Waals surface area contributed by atoms with Crippen LogP contribution >= 0.6 is 0 Å². The zero-order valence-corrected chi connectivity index (χ0v) is 16.7. The number of carbonyl (C=O) groups is 2. The van der Waals surface area contributed by atoms with Gasteiger partial charge < -0.3 is 15.3 Å². The van der Waals surface area contributed by atoms with Crippen molar-refractivity contribution in [1.29, 1.82) is 0 Å². The van der Waals surface area contributed by atoms with E-state index in [4.69, 9.17) is 9.90 Å². The molecule has 0 spiro atoms. The number of rotatable bonds is 5. The molecule has 0 aromatic heterocycles. The molecule has 8 heteroatoms. The van der Waals surface area contributed by atoms with E-state index >= 15 is 0 Å². The second-order valence-corrected chi connectivity index (χ2v) is 6.90. The first-order valence-electron chi connectivity index (χ1n) is 9.73. The lowest BCUT2D eigenvalue weighted by Gasteiger charge is -2.19. The normalized spacial score (nSPS) is 14.5. The molecule has 30 heavy (non-hydrogen) atoms. The number of carbonyl (C=O) groups excluding carboxylic acids is 1. The van der Waals surface area contributed by atoms with Crippen LogP contribution in [0.15, 0.2) is 54.6 Å². The van der Waals surface area contributed by atoms with Gasteiger partial charge in [0.1, 0.15) is 0 Å². The van der Waals surface area contributed by atoms with Gasteiger partial charge in [0.25, 0.3) is 0 Å². The van der Waals surface area contributed by atoms with E-state index in [1.165, 1.54) is 18.5 Å². The summed E-state index contributed by atoms with van der Waals surface area (Å²) in [6.07, 6.45) is -1.75. The summed E-state index contributed by atoms with van der Waals surface area (Å²) in [6, 6.07) is 18.2. The Morgan fingerprint density at radius 2 is 1.57 bits per heavy atom. The van der Waals surface area contributed by atoms with Crippen molar-refractivity contribution in [1.82, 2.24) is 0 Å². The average molecular weight is 422 g/mol. The van der Waals surface area contributed by atoms with E-state index < -0.39 is 12.1 Å². The molecule has 162 valence electrons. The topological polar surface area (TPSA) is 69.6 Å². The van der Waals surface area contributed by atoms with Gasteiger partial charge in [-0.15, -0.1) is 0 Å². The van der Waals surface area contributed by atoms with Crippen LogP contribution in [0.5, 0.6) is 0 Å². The Balaban J connectivity index is 0.000000396. The second-order valence-electron chi connectivity index (χ2n) is 6.90. The Morgan fingerprint density at radius 1 is 1.03 bits per heavy atom. The van der Waals surface area contributed by atoms with E-state index in [1.807, 2.05) is 49.4 Å². The summed E-state index contributed by atoms with van der Waals surface area (Å²) in [4.78, 5) is 23.9. The third-order valence-corrected chi connectivity index (χ3v) is 4.78. The highest BCUT2D eigenvalue weighted by Gasteiger charge is 2.38. The number of carboxylic acids is 1. The quantitative estimate of drug-likeness (QED) is 0.707. The number of hydrogen-bond acceptors (Lipinski definition) is 3. The average Bonchev–Trinajstić information content (AvgIpc) is 3.24. The van der Waals surface area contributed by atoms with E-state index in [2.05, 4.69) is 22.3 Å². The molecular weight excluding hydrogens is 397 g/mol. The number of nitrogens with zero attached hydrogens (tertiary/aromatic N) is 1. The van der Waals surface area contributed by atoms with Crippen LogP contribution in [0.4, 0.5) is 24.5 Å². The molecular formula is C22H25F3N2O3. The molecule has 2 aromatic carbocycles. The van der Waals surface area contributed by atoms with Crippen LogP contribution in [0.1, 0.15) is 37.7 Å². The van der Waals surface area contributed by atoms with Crippen LogP contribution in [0.2, 0.25) is 0 Å². The lowest BCUT2D eigenvalue weighted by Crippen LogP contribution is -2.21. The van der Waals surface area contributed by atoms with Crippen molar-refractivity contribution < 1.29 is 27.9 Å². The summed E-state index contributed by atoms with van der Waals surface area (Å²) < 4.78 is 31.7. The largest absolute Gasteiger partial charge is 0.490 e. The van der Waals surface area contributed by atoms with Gasteiger partial charge in [0, 0.05) is 24.5 Å². The third-order valence-electron chi connectivity index (χ3n) is 4.78. The third kappa shape index (κ3) is 6.79. The number of carboxylic acid groups (broad SMARTS) is 1. The molecule has 0 radical (unpaired) electrons. The molecule has 0 unspecified atom stereocenters. The molecule has 1 atom stereocenters. The van der Waals surface area contributed by atoms with Gasteiger partial charge in [-0.25, -0.2) is 4.79 Å². The zero-order valence-electron chi connectivity index (χ0n) is 16.7. The lowest BCUT2D eigenvalue weighted by molar-refractivity contribution is -0.192. The molecule has 0 bridgehead atoms. The van der Waals surface area contributed by atoms with E-state index in [0.717, 1.165) is 30.8 Å². The minimum absolute atomic E-state index is 0.0626. The Hall–Kier alpha value is -3.03. The SMILES string of the molecule is CC[C@H](C(=O)Nc1ccc(N2CCCC2)cc1)c1ccccc1.O=C(O)C(F)(F)F. The van der Waals surface area contributed by atoms with Crippen molar-refractivity contribution in [3.63, 3.8) is 0 Å². The minimum atomic E-state index is -5.08. The first-order chi connectivity index (χ1) is 14.2. The summed E-state index contributed by atoms with van der Waals surface area (Å²) in [5.74, 6) is -2.80. The monoisotopic (exact) mass is 422 g/mol. The van der Waals surface area contributed by atoms with E-state index in [0.29, 0.717) is 0 Å². The second kappa shape index (κ2) is 10.7. The molecule has 3 rings (SSSR count). The molecule has 2 aromatic rings. The molecule has 0 saturated carbocycles. The van der Waals surface area contributed by atoms with Crippen LogP contribution in [0.3, 0.4) is 0 Å². The highest BCUT2D eigenvalue weighted by molar-refractivity contribution is 5.96. The lowest BCUT2D eigenvalue weighted by atomic mass is 9.95. The Morgan fingerprint density at radius 3 is 2.03 bits per heavy atom. The van der Waals surface area contributed by atoms with Crippen molar-refractivity contribution in [2.45, 2.75) is 38.3 Å². The number of hydrogen-bond donors (Lipinski definition) is 2. The van der Waals surface area contributed by atoms with Gasteiger partial charge in [-0.2, -0.15) is 13.2 Å². The van der Waals surface area contributed by atoms with Crippen molar-refractivity contribution >= 4 is 23.3 Å². The molecule has 1 aliphatic heterocycles. The highest BCUT2D eigenvalue weighted by Crippen LogP contribution is 2.24. The summed E-state index contributed by atoms with van der Waals surface area (Å²) >= 11 is 0. The fourth-order valence-corrected chi connectivity index (χ4v) is 3.22. The van der Waals surface area contributed by atoms with Gasteiger partial charge >= 0.3 is 12.1 Å². The van der Waals surface area contributed by atoms with Crippen LogP contribution in [-0.4, -0.2) is 36.2 Å². The van der Waals surface area contributed by atoms with Crippen molar-refractivity contribution in [3.05, 3.63) is 60.2 Å². The number of aliphatic carboxylic acids is 1. The zero-order chi connectivity index (χ0) is 22.1. The fourth-order valence-electron chi connectivity index (χ4n) is 3.22. The van der Waals surface area contributed by atoms with Gasteiger partial charge in [0.2, 0.25) is 5.91 Å². The van der Waals surface area contributed by atoms with E-state index in [-0.39, 0.29) is 11.8 Å². The van der Waals surface area contributed by atoms with Crippen LogP contribution < -0.4 is 10.2 Å². The molecule has 1 heterocycles. The Kier molecular flexibility index (Phi) is 8.26. The summed E-state index contributed by atoms with van der Waals surface area (Å²) in [7, 11) is 0. The Labute approximate surface area is 173 Å². The maximum atomic E-state index is 12.6. The molecule has 1 aliphatic rings. The molecule has 5 nitrogen and oxygen atoms in total. The fraction of sp³-hybridized carbons (Fsp3) is 0.364. The summed E-state index contributed by atoms with van der Waals surface area (Å²) in [5.41, 5.74) is 3.18. The van der Waals surface area contributed by atoms with Gasteiger partial charge in [0.15, 0.2) is 0 Å². The number of anilines is 2. The smallest absolute Gasteiger partial charge is 0.475 e. The minimum Gasteiger partial charge on any atom is -0.475 e. The van der Waals surface area contributed by atoms with Gasteiger partial charge in [-0.3, -0.25) is 4.79 Å². The number of halogens is 3. The van der Waals surface area contributed by atoms with Crippen LogP contribution in [0, 0.1) is 0 Å². The molecule has 1 saturated heterocycles. The van der Waals surface area contributed by atoms with Crippen molar-refractivity contribution in [2.75, 3.05) is 23.3 Å². The summed E-state index contributed by atoms with van der Waals surface area (Å²) in [5, 5.41) is 10.2. The number of nitrogens with one attached hydrogen (secondary N) is 1. The van der Waals surface area contributed by atoms with E-state index in [9.17, 15) is 18.0 Å².